The van der Waals surface area contributed by atoms with E-state index in [1.807, 2.05) is 14.1 Å². The van der Waals surface area contributed by atoms with E-state index in [1.54, 1.807) is 12.1 Å². The smallest absolute Gasteiger partial charge is 0.241 e. The summed E-state index contributed by atoms with van der Waals surface area (Å²) in [5, 5.41) is 0. The van der Waals surface area contributed by atoms with Crippen LogP contribution in [-0.4, -0.2) is 39.5 Å². The number of hydrogen-bond acceptors (Lipinski definition) is 4. The molecule has 0 saturated heterocycles. The van der Waals surface area contributed by atoms with Crippen molar-refractivity contribution in [1.29, 1.82) is 0 Å². The number of sulfonamides is 1. The van der Waals surface area contributed by atoms with Gasteiger partial charge in [0.2, 0.25) is 10.0 Å². The number of benzene rings is 1. The van der Waals surface area contributed by atoms with Gasteiger partial charge in [0, 0.05) is 22.2 Å². The van der Waals surface area contributed by atoms with E-state index >= 15 is 0 Å². The van der Waals surface area contributed by atoms with Crippen molar-refractivity contribution >= 4 is 31.6 Å². The van der Waals surface area contributed by atoms with E-state index in [-0.39, 0.29) is 10.4 Å². The summed E-state index contributed by atoms with van der Waals surface area (Å²) >= 11 is 3.25. The van der Waals surface area contributed by atoms with Gasteiger partial charge in [0.25, 0.3) is 0 Å². The molecule has 0 heterocycles. The third-order valence-corrected chi connectivity index (χ3v) is 6.45. The third kappa shape index (κ3) is 3.00. The number of hydrogen-bond donors (Lipinski definition) is 2. The van der Waals surface area contributed by atoms with Crippen LogP contribution in [0.2, 0.25) is 0 Å². The zero-order valence-electron chi connectivity index (χ0n) is 11.7. The predicted octanol–water partition coefficient (Wildman–Crippen LogP) is 1.79. The number of halogens is 1. The molecule has 0 bridgehead atoms. The minimum Gasteiger partial charge on any atom is -0.399 e. The molecule has 1 fully saturated rings. The lowest BCUT2D eigenvalue weighted by Crippen LogP contribution is -2.57. The molecule has 112 valence electrons. The largest absolute Gasteiger partial charge is 0.399 e. The minimum atomic E-state index is -3.53. The molecule has 7 heteroatoms. The lowest BCUT2D eigenvalue weighted by atomic mass is 9.76. The van der Waals surface area contributed by atoms with Gasteiger partial charge in [0.1, 0.15) is 0 Å². The Hall–Kier alpha value is -0.630. The predicted molar refractivity (Wildman–Crippen MR) is 84.0 cm³/mol. The Morgan fingerprint density at radius 2 is 2.05 bits per heavy atom. The fraction of sp³-hybridized carbons (Fsp3) is 0.538. The third-order valence-electron chi connectivity index (χ3n) is 4.07. The summed E-state index contributed by atoms with van der Waals surface area (Å²) in [6.07, 6.45) is 3.18. The Morgan fingerprint density at radius 3 is 2.50 bits per heavy atom. The van der Waals surface area contributed by atoms with Crippen LogP contribution in [0, 0.1) is 0 Å². The Labute approximate surface area is 128 Å². The van der Waals surface area contributed by atoms with Crippen molar-refractivity contribution in [3.8, 4) is 0 Å². The second kappa shape index (κ2) is 5.63. The first-order valence-electron chi connectivity index (χ1n) is 6.49. The van der Waals surface area contributed by atoms with E-state index in [1.165, 1.54) is 6.07 Å². The normalized spacial score (nSPS) is 18.0. The molecular weight excluding hydrogens is 342 g/mol. The monoisotopic (exact) mass is 361 g/mol. The van der Waals surface area contributed by atoms with E-state index in [0.717, 1.165) is 19.3 Å². The van der Waals surface area contributed by atoms with E-state index in [9.17, 15) is 8.42 Å². The second-order valence-corrected chi connectivity index (χ2v) is 8.08. The van der Waals surface area contributed by atoms with Crippen molar-refractivity contribution < 1.29 is 8.42 Å². The summed E-state index contributed by atoms with van der Waals surface area (Å²) in [5.74, 6) is 0. The molecule has 5 nitrogen and oxygen atoms in total. The first-order valence-corrected chi connectivity index (χ1v) is 8.77. The molecule has 0 aliphatic heterocycles. The molecule has 0 aromatic heterocycles. The van der Waals surface area contributed by atoms with Crippen LogP contribution in [0.25, 0.3) is 0 Å². The topological polar surface area (TPSA) is 75.4 Å². The van der Waals surface area contributed by atoms with Crippen LogP contribution >= 0.6 is 15.9 Å². The molecule has 0 radical (unpaired) electrons. The highest BCUT2D eigenvalue weighted by molar-refractivity contribution is 9.10. The Bertz CT molecular complexity index is 598. The van der Waals surface area contributed by atoms with Gasteiger partial charge in [-0.25, -0.2) is 13.1 Å². The fourth-order valence-corrected chi connectivity index (χ4v) is 4.62. The zero-order chi connectivity index (χ0) is 15.0. The van der Waals surface area contributed by atoms with Gasteiger partial charge in [-0.15, -0.1) is 0 Å². The quantitative estimate of drug-likeness (QED) is 0.784. The second-order valence-electron chi connectivity index (χ2n) is 5.49. The Morgan fingerprint density at radius 1 is 1.40 bits per heavy atom. The van der Waals surface area contributed by atoms with Crippen molar-refractivity contribution in [2.45, 2.75) is 29.7 Å². The molecule has 0 unspecified atom stereocenters. The van der Waals surface area contributed by atoms with Crippen molar-refractivity contribution in [3.63, 3.8) is 0 Å². The standard InChI is InChI=1S/C13H20BrN3O2S/c1-17(2)13(6-3-7-13)9-16-20(18,19)12-5-4-10(15)8-11(12)14/h4-5,8,16H,3,6-7,9,15H2,1-2H3. The summed E-state index contributed by atoms with van der Waals surface area (Å²) in [4.78, 5) is 2.33. The van der Waals surface area contributed by atoms with E-state index in [0.29, 0.717) is 16.7 Å². The number of likely N-dealkylation sites (N-methyl/N-ethyl adjacent to an activating group) is 1. The van der Waals surface area contributed by atoms with Gasteiger partial charge in [-0.2, -0.15) is 0 Å². The maximum Gasteiger partial charge on any atom is 0.241 e. The number of nitrogens with two attached hydrogens (primary N) is 1. The summed E-state index contributed by atoms with van der Waals surface area (Å²) in [6.45, 7) is 0.430. The average molecular weight is 362 g/mol. The number of nitrogen functional groups attached to an aromatic ring is 1. The molecule has 1 aromatic carbocycles. The van der Waals surface area contributed by atoms with Crippen LogP contribution in [0.5, 0.6) is 0 Å². The molecule has 2 rings (SSSR count). The highest BCUT2D eigenvalue weighted by Gasteiger charge is 2.39. The van der Waals surface area contributed by atoms with Crippen LogP contribution in [0.1, 0.15) is 19.3 Å². The first kappa shape index (κ1) is 15.8. The molecule has 0 amide bonds. The van der Waals surface area contributed by atoms with Crippen molar-refractivity contribution in [3.05, 3.63) is 22.7 Å². The number of nitrogens with zero attached hydrogens (tertiary/aromatic N) is 1. The lowest BCUT2D eigenvalue weighted by molar-refractivity contribution is 0.0657. The molecule has 1 aliphatic carbocycles. The summed E-state index contributed by atoms with van der Waals surface area (Å²) in [6, 6.07) is 4.70. The number of anilines is 1. The average Bonchev–Trinajstić information content (AvgIpc) is 2.25. The lowest BCUT2D eigenvalue weighted by Gasteiger charge is -2.47. The van der Waals surface area contributed by atoms with E-state index in [4.69, 9.17) is 5.73 Å². The highest BCUT2D eigenvalue weighted by Crippen LogP contribution is 2.36. The van der Waals surface area contributed by atoms with Crippen LogP contribution in [-0.2, 0) is 10.0 Å². The Balaban J connectivity index is 2.15. The Kier molecular flexibility index (Phi) is 4.44. The molecule has 1 saturated carbocycles. The molecule has 3 N–H and O–H groups in total. The van der Waals surface area contributed by atoms with Crippen LogP contribution in [0.4, 0.5) is 5.69 Å². The van der Waals surface area contributed by atoms with Crippen molar-refractivity contribution in [2.24, 2.45) is 0 Å². The SMILES string of the molecule is CN(C)C1(CNS(=O)(=O)c2ccc(N)cc2Br)CCC1. The van der Waals surface area contributed by atoms with Gasteiger partial charge < -0.3 is 10.6 Å². The van der Waals surface area contributed by atoms with Crippen LogP contribution in [0.15, 0.2) is 27.6 Å². The summed E-state index contributed by atoms with van der Waals surface area (Å²) in [5.41, 5.74) is 6.11. The number of rotatable bonds is 5. The van der Waals surface area contributed by atoms with Crippen molar-refractivity contribution in [2.75, 3.05) is 26.4 Å². The molecular formula is C13H20BrN3O2S. The van der Waals surface area contributed by atoms with Gasteiger partial charge in [-0.3, -0.25) is 0 Å². The van der Waals surface area contributed by atoms with Crippen LogP contribution < -0.4 is 10.5 Å². The summed E-state index contributed by atoms with van der Waals surface area (Å²) in [7, 11) is 0.456. The fourth-order valence-electron chi connectivity index (χ4n) is 2.41. The number of nitrogens with one attached hydrogen (secondary N) is 1. The van der Waals surface area contributed by atoms with Gasteiger partial charge >= 0.3 is 0 Å². The van der Waals surface area contributed by atoms with E-state index < -0.39 is 10.0 Å². The summed E-state index contributed by atoms with van der Waals surface area (Å²) < 4.78 is 27.9. The van der Waals surface area contributed by atoms with Gasteiger partial charge in [-0.05, 0) is 67.5 Å². The maximum atomic E-state index is 12.4. The molecule has 0 spiro atoms. The molecule has 1 aromatic rings. The maximum absolute atomic E-state index is 12.4. The molecule has 20 heavy (non-hydrogen) atoms. The van der Waals surface area contributed by atoms with Gasteiger partial charge in [-0.1, -0.05) is 0 Å². The van der Waals surface area contributed by atoms with Gasteiger partial charge in [0.15, 0.2) is 0 Å². The van der Waals surface area contributed by atoms with Gasteiger partial charge in [0.05, 0.1) is 4.90 Å². The minimum absolute atomic E-state index is 0.0483. The molecule has 1 aliphatic rings. The zero-order valence-corrected chi connectivity index (χ0v) is 14.1. The first-order chi connectivity index (χ1) is 9.27. The molecule has 0 atom stereocenters. The highest BCUT2D eigenvalue weighted by atomic mass is 79.9. The van der Waals surface area contributed by atoms with Crippen LogP contribution in [0.3, 0.4) is 0 Å². The van der Waals surface area contributed by atoms with Crippen molar-refractivity contribution in [1.82, 2.24) is 9.62 Å². The van der Waals surface area contributed by atoms with E-state index in [2.05, 4.69) is 25.6 Å².